The highest BCUT2D eigenvalue weighted by atomic mass is 35.5. The average Bonchev–Trinajstić information content (AvgIpc) is 2.54. The lowest BCUT2D eigenvalue weighted by Gasteiger charge is -2.29. The van der Waals surface area contributed by atoms with E-state index in [1.807, 2.05) is 29.2 Å². The first-order chi connectivity index (χ1) is 10.7. The Kier molecular flexibility index (Phi) is 4.71. The molecule has 0 aliphatic carbocycles. The lowest BCUT2D eigenvalue weighted by molar-refractivity contribution is 0.122. The van der Waals surface area contributed by atoms with Gasteiger partial charge in [0.15, 0.2) is 0 Å². The van der Waals surface area contributed by atoms with Crippen LogP contribution in [0.25, 0.3) is 0 Å². The summed E-state index contributed by atoms with van der Waals surface area (Å²) in [5, 5.41) is 0.651. The number of morpholine rings is 1. The minimum Gasteiger partial charge on any atom is -0.378 e. The SMILES string of the molecule is Fc1cc(N=Cc2cccc(Cl)c2)ccc1N1CCOCC1. The van der Waals surface area contributed by atoms with Crippen molar-refractivity contribution in [2.45, 2.75) is 0 Å². The fourth-order valence-corrected chi connectivity index (χ4v) is 2.57. The van der Waals surface area contributed by atoms with Crippen LogP contribution in [0.1, 0.15) is 5.56 Å². The van der Waals surface area contributed by atoms with E-state index in [1.54, 1.807) is 18.3 Å². The van der Waals surface area contributed by atoms with Gasteiger partial charge in [0.1, 0.15) is 5.82 Å². The number of anilines is 1. The van der Waals surface area contributed by atoms with Crippen LogP contribution in [0.5, 0.6) is 0 Å². The first-order valence-corrected chi connectivity index (χ1v) is 7.52. The van der Waals surface area contributed by atoms with Gasteiger partial charge in [-0.25, -0.2) is 4.39 Å². The summed E-state index contributed by atoms with van der Waals surface area (Å²) in [6.45, 7) is 2.69. The fraction of sp³-hybridized carbons (Fsp3) is 0.235. The summed E-state index contributed by atoms with van der Waals surface area (Å²) in [4.78, 5) is 6.29. The van der Waals surface area contributed by atoms with Crippen molar-refractivity contribution in [1.29, 1.82) is 0 Å². The van der Waals surface area contributed by atoms with Crippen LogP contribution in [-0.4, -0.2) is 32.5 Å². The summed E-state index contributed by atoms with van der Waals surface area (Å²) in [5.74, 6) is -0.261. The van der Waals surface area contributed by atoms with Gasteiger partial charge in [-0.05, 0) is 29.8 Å². The molecule has 0 saturated carbocycles. The van der Waals surface area contributed by atoms with E-state index < -0.39 is 0 Å². The number of hydrogen-bond donors (Lipinski definition) is 0. The highest BCUT2D eigenvalue weighted by molar-refractivity contribution is 6.30. The zero-order valence-electron chi connectivity index (χ0n) is 12.0. The van der Waals surface area contributed by atoms with Crippen LogP contribution in [0.2, 0.25) is 5.02 Å². The molecule has 0 aromatic heterocycles. The number of nitrogens with zero attached hydrogens (tertiary/aromatic N) is 2. The minimum atomic E-state index is -0.261. The molecule has 3 nitrogen and oxygen atoms in total. The quantitative estimate of drug-likeness (QED) is 0.797. The van der Waals surface area contributed by atoms with Gasteiger partial charge in [-0.3, -0.25) is 4.99 Å². The van der Waals surface area contributed by atoms with Crippen molar-refractivity contribution in [2.24, 2.45) is 4.99 Å². The summed E-state index contributed by atoms with van der Waals surface area (Å²) in [7, 11) is 0. The Balaban J connectivity index is 1.76. The van der Waals surface area contributed by atoms with Crippen molar-refractivity contribution < 1.29 is 9.13 Å². The second-order valence-corrected chi connectivity index (χ2v) is 5.48. The van der Waals surface area contributed by atoms with E-state index >= 15 is 0 Å². The molecule has 0 radical (unpaired) electrons. The summed E-state index contributed by atoms with van der Waals surface area (Å²) < 4.78 is 19.5. The van der Waals surface area contributed by atoms with Crippen LogP contribution in [0, 0.1) is 5.82 Å². The maximum atomic E-state index is 14.2. The highest BCUT2D eigenvalue weighted by Crippen LogP contribution is 2.25. The lowest BCUT2D eigenvalue weighted by Crippen LogP contribution is -2.36. The molecule has 0 atom stereocenters. The number of benzene rings is 2. The Morgan fingerprint density at radius 3 is 2.68 bits per heavy atom. The molecule has 0 N–H and O–H groups in total. The van der Waals surface area contributed by atoms with Crippen LogP contribution in [0.3, 0.4) is 0 Å². The van der Waals surface area contributed by atoms with Gasteiger partial charge in [-0.2, -0.15) is 0 Å². The van der Waals surface area contributed by atoms with E-state index in [0.29, 0.717) is 42.7 Å². The molecule has 0 amide bonds. The zero-order valence-corrected chi connectivity index (χ0v) is 12.8. The topological polar surface area (TPSA) is 24.8 Å². The minimum absolute atomic E-state index is 0.261. The highest BCUT2D eigenvalue weighted by Gasteiger charge is 2.15. The molecule has 1 heterocycles. The molecule has 0 bridgehead atoms. The van der Waals surface area contributed by atoms with E-state index in [1.165, 1.54) is 6.07 Å². The average molecular weight is 319 g/mol. The van der Waals surface area contributed by atoms with Crippen LogP contribution in [0.4, 0.5) is 15.8 Å². The lowest BCUT2D eigenvalue weighted by atomic mass is 10.2. The van der Waals surface area contributed by atoms with Crippen LogP contribution in [-0.2, 0) is 4.74 Å². The van der Waals surface area contributed by atoms with Crippen molar-refractivity contribution in [1.82, 2.24) is 0 Å². The Morgan fingerprint density at radius 1 is 1.14 bits per heavy atom. The smallest absolute Gasteiger partial charge is 0.148 e. The van der Waals surface area contributed by atoms with Gasteiger partial charge in [0.25, 0.3) is 0 Å². The van der Waals surface area contributed by atoms with Gasteiger partial charge in [-0.1, -0.05) is 23.7 Å². The standard InChI is InChI=1S/C17H16ClFN2O/c18-14-3-1-2-13(10-14)12-20-15-4-5-17(16(19)11-15)21-6-8-22-9-7-21/h1-5,10-12H,6-9H2. The normalized spacial score (nSPS) is 15.5. The van der Waals surface area contributed by atoms with Crippen molar-refractivity contribution in [3.8, 4) is 0 Å². The second-order valence-electron chi connectivity index (χ2n) is 5.05. The summed E-state index contributed by atoms with van der Waals surface area (Å²) >= 11 is 5.92. The molecule has 5 heteroatoms. The molecule has 1 aliphatic rings. The van der Waals surface area contributed by atoms with E-state index in [4.69, 9.17) is 16.3 Å². The van der Waals surface area contributed by atoms with Crippen LogP contribution < -0.4 is 4.90 Å². The van der Waals surface area contributed by atoms with Crippen molar-refractivity contribution in [2.75, 3.05) is 31.2 Å². The number of hydrogen-bond acceptors (Lipinski definition) is 3. The summed E-state index contributed by atoms with van der Waals surface area (Å²) in [6, 6.07) is 12.4. The van der Waals surface area contributed by atoms with Gasteiger partial charge >= 0.3 is 0 Å². The third-order valence-electron chi connectivity index (χ3n) is 3.49. The largest absolute Gasteiger partial charge is 0.378 e. The van der Waals surface area contributed by atoms with Gasteiger partial charge in [-0.15, -0.1) is 0 Å². The predicted molar refractivity (Wildman–Crippen MR) is 88.1 cm³/mol. The Morgan fingerprint density at radius 2 is 1.95 bits per heavy atom. The molecule has 1 fully saturated rings. The van der Waals surface area contributed by atoms with Gasteiger partial charge < -0.3 is 9.64 Å². The van der Waals surface area contributed by atoms with E-state index in [0.717, 1.165) is 5.56 Å². The molecular weight excluding hydrogens is 303 g/mol. The zero-order chi connectivity index (χ0) is 15.4. The predicted octanol–water partition coefficient (Wildman–Crippen LogP) is 4.07. The Bertz CT molecular complexity index is 684. The number of ether oxygens (including phenoxy) is 1. The van der Waals surface area contributed by atoms with Crippen LogP contribution >= 0.6 is 11.6 Å². The molecule has 3 rings (SSSR count). The maximum Gasteiger partial charge on any atom is 0.148 e. The van der Waals surface area contributed by atoms with E-state index in [2.05, 4.69) is 4.99 Å². The Hall–Kier alpha value is -1.91. The van der Waals surface area contributed by atoms with Gasteiger partial charge in [0, 0.05) is 30.4 Å². The summed E-state index contributed by atoms with van der Waals surface area (Å²) in [6.07, 6.45) is 1.68. The molecule has 114 valence electrons. The van der Waals surface area contributed by atoms with Crippen molar-refractivity contribution >= 4 is 29.2 Å². The maximum absolute atomic E-state index is 14.2. The van der Waals surface area contributed by atoms with Crippen molar-refractivity contribution in [3.63, 3.8) is 0 Å². The van der Waals surface area contributed by atoms with Gasteiger partial charge in [0.05, 0.1) is 24.6 Å². The number of aliphatic imine (C=N–C) groups is 1. The van der Waals surface area contributed by atoms with Crippen molar-refractivity contribution in [3.05, 3.63) is 58.9 Å². The van der Waals surface area contributed by atoms with E-state index in [9.17, 15) is 4.39 Å². The van der Waals surface area contributed by atoms with Crippen LogP contribution in [0.15, 0.2) is 47.5 Å². The molecular formula is C17H16ClFN2O. The van der Waals surface area contributed by atoms with Gasteiger partial charge in [0.2, 0.25) is 0 Å². The molecule has 2 aromatic rings. The molecule has 2 aromatic carbocycles. The molecule has 22 heavy (non-hydrogen) atoms. The Labute approximate surface area is 134 Å². The van der Waals surface area contributed by atoms with E-state index in [-0.39, 0.29) is 5.82 Å². The number of halogens is 2. The molecule has 1 saturated heterocycles. The fourth-order valence-electron chi connectivity index (χ4n) is 2.37. The third-order valence-corrected chi connectivity index (χ3v) is 3.73. The third kappa shape index (κ3) is 3.64. The first kappa shape index (κ1) is 15.0. The first-order valence-electron chi connectivity index (χ1n) is 7.14. The molecule has 0 unspecified atom stereocenters. The number of rotatable bonds is 3. The molecule has 1 aliphatic heterocycles. The molecule has 0 spiro atoms. The summed E-state index contributed by atoms with van der Waals surface area (Å²) in [5.41, 5.74) is 2.06. The second kappa shape index (κ2) is 6.90. The monoisotopic (exact) mass is 318 g/mol.